The molecule has 3 amide bonds. The number of rotatable bonds is 6. The van der Waals surface area contributed by atoms with Crippen molar-refractivity contribution in [3.05, 3.63) is 89.5 Å². The molecule has 2 heterocycles. The number of hydrogen-bond acceptors (Lipinski definition) is 5. The molecule has 1 N–H and O–H groups in total. The van der Waals surface area contributed by atoms with Crippen molar-refractivity contribution in [2.24, 2.45) is 4.99 Å². The van der Waals surface area contributed by atoms with E-state index < -0.39 is 23.6 Å². The first-order chi connectivity index (χ1) is 20.4. The van der Waals surface area contributed by atoms with Crippen molar-refractivity contribution in [2.45, 2.75) is 39.3 Å². The zero-order valence-electron chi connectivity index (χ0n) is 23.3. The van der Waals surface area contributed by atoms with Gasteiger partial charge >= 0.3 is 12.2 Å². The topological polar surface area (TPSA) is 92.5 Å². The molecule has 0 bridgehead atoms. The van der Waals surface area contributed by atoms with Crippen molar-refractivity contribution in [1.82, 2.24) is 14.8 Å². The number of hydrogen-bond donors (Lipinski definition) is 1. The number of amides is 3. The highest BCUT2D eigenvalue weighted by Crippen LogP contribution is 2.35. The summed E-state index contributed by atoms with van der Waals surface area (Å²) in [5, 5.41) is 6.85. The highest BCUT2D eigenvalue weighted by atomic mass is 32.2. The molecule has 1 aliphatic heterocycles. The summed E-state index contributed by atoms with van der Waals surface area (Å²) in [6, 6.07) is 13.3. The van der Waals surface area contributed by atoms with Crippen LogP contribution in [-0.4, -0.2) is 37.6 Å². The number of amidine groups is 1. The van der Waals surface area contributed by atoms with Crippen molar-refractivity contribution in [3.63, 3.8) is 0 Å². The number of urea groups is 1. The summed E-state index contributed by atoms with van der Waals surface area (Å²) in [5.74, 6) is -0.557. The maximum Gasteiger partial charge on any atom is 0.416 e. The number of thioether (sulfide) groups is 1. The van der Waals surface area contributed by atoms with Crippen LogP contribution in [0.5, 0.6) is 0 Å². The maximum atomic E-state index is 15.0. The SMILES string of the molecule is CCC(C)c1ccc(C)cc1N1C(=O)CS/C1=N\C(=O)Nc1ccc(-c2ncn(-c3ccc(C(F)(F)F)cc3)n2)cc1F. The Kier molecular flexibility index (Phi) is 8.36. The number of carbonyl (C=O) groups is 2. The highest BCUT2D eigenvalue weighted by molar-refractivity contribution is 8.15. The zero-order valence-corrected chi connectivity index (χ0v) is 24.1. The lowest BCUT2D eigenvalue weighted by Crippen LogP contribution is -2.31. The Balaban J connectivity index is 1.33. The van der Waals surface area contributed by atoms with Crippen LogP contribution >= 0.6 is 11.8 Å². The standard InChI is InChI=1S/C30H26F4N6O2S/c1-4-18(3)22-11-5-17(2)13-25(22)40-26(41)15-43-29(40)37-28(42)36-24-12-6-19(14-23(24)31)27-35-16-39(38-27)21-9-7-20(8-10-21)30(32,33)34/h5-14,16,18H,4,15H2,1-3H3,(H,36,42)/b37-29-. The molecule has 3 aromatic carbocycles. The van der Waals surface area contributed by atoms with E-state index in [4.69, 9.17) is 0 Å². The fraction of sp³-hybridized carbons (Fsp3) is 0.233. The van der Waals surface area contributed by atoms with E-state index in [0.717, 1.165) is 47.5 Å². The second-order valence-electron chi connectivity index (χ2n) is 9.97. The minimum absolute atomic E-state index is 0.120. The Morgan fingerprint density at radius 2 is 1.86 bits per heavy atom. The maximum absolute atomic E-state index is 15.0. The summed E-state index contributed by atoms with van der Waals surface area (Å²) in [7, 11) is 0. The molecule has 0 spiro atoms. The fourth-order valence-electron chi connectivity index (χ4n) is 4.47. The van der Waals surface area contributed by atoms with Crippen molar-refractivity contribution in [3.8, 4) is 17.1 Å². The Bertz CT molecular complexity index is 1720. The van der Waals surface area contributed by atoms with Gasteiger partial charge in [-0.1, -0.05) is 37.7 Å². The number of halogens is 4. The van der Waals surface area contributed by atoms with E-state index in [0.29, 0.717) is 11.4 Å². The molecule has 1 aliphatic rings. The van der Waals surface area contributed by atoms with Crippen LogP contribution in [0.2, 0.25) is 0 Å². The van der Waals surface area contributed by atoms with Gasteiger partial charge in [0.05, 0.1) is 28.4 Å². The molecule has 0 aliphatic carbocycles. The minimum atomic E-state index is -4.46. The van der Waals surface area contributed by atoms with Gasteiger partial charge in [-0.2, -0.15) is 18.2 Å². The monoisotopic (exact) mass is 610 g/mol. The van der Waals surface area contributed by atoms with Crippen LogP contribution in [0.25, 0.3) is 17.1 Å². The van der Waals surface area contributed by atoms with Crippen LogP contribution in [0.1, 0.15) is 42.9 Å². The number of nitrogens with zero attached hydrogens (tertiary/aromatic N) is 5. The third kappa shape index (κ3) is 6.46. The molecule has 8 nitrogen and oxygen atoms in total. The van der Waals surface area contributed by atoms with E-state index in [9.17, 15) is 22.8 Å². The molecule has 5 rings (SSSR count). The molecule has 1 aromatic heterocycles. The minimum Gasteiger partial charge on any atom is -0.303 e. The van der Waals surface area contributed by atoms with E-state index in [1.165, 1.54) is 40.2 Å². The van der Waals surface area contributed by atoms with Gasteiger partial charge in [0.25, 0.3) is 0 Å². The van der Waals surface area contributed by atoms with Gasteiger partial charge in [-0.15, -0.1) is 5.10 Å². The molecule has 0 saturated carbocycles. The first-order valence-electron chi connectivity index (χ1n) is 13.3. The Hall–Kier alpha value is -4.52. The third-order valence-corrected chi connectivity index (χ3v) is 7.88. The van der Waals surface area contributed by atoms with Crippen LogP contribution in [0.4, 0.5) is 33.7 Å². The lowest BCUT2D eigenvalue weighted by Gasteiger charge is -2.23. The fourth-order valence-corrected chi connectivity index (χ4v) is 5.33. The molecule has 1 atom stereocenters. The van der Waals surface area contributed by atoms with E-state index in [1.807, 2.05) is 25.1 Å². The second-order valence-corrected chi connectivity index (χ2v) is 10.9. The lowest BCUT2D eigenvalue weighted by molar-refractivity contribution is -0.137. The van der Waals surface area contributed by atoms with Crippen molar-refractivity contribution < 1.29 is 27.2 Å². The number of benzene rings is 3. The molecule has 1 unspecified atom stereocenters. The van der Waals surface area contributed by atoms with Gasteiger partial charge < -0.3 is 5.32 Å². The van der Waals surface area contributed by atoms with E-state index in [-0.39, 0.29) is 39.8 Å². The predicted molar refractivity (Wildman–Crippen MR) is 158 cm³/mol. The molecule has 222 valence electrons. The Morgan fingerprint density at radius 3 is 2.53 bits per heavy atom. The van der Waals surface area contributed by atoms with E-state index >= 15 is 4.39 Å². The number of alkyl halides is 3. The third-order valence-electron chi connectivity index (χ3n) is 6.95. The summed E-state index contributed by atoms with van der Waals surface area (Å²) < 4.78 is 54.8. The van der Waals surface area contributed by atoms with Crippen LogP contribution in [0.3, 0.4) is 0 Å². The van der Waals surface area contributed by atoms with Crippen molar-refractivity contribution >= 4 is 40.2 Å². The number of anilines is 2. The summed E-state index contributed by atoms with van der Waals surface area (Å²) >= 11 is 1.13. The smallest absolute Gasteiger partial charge is 0.303 e. The molecule has 1 saturated heterocycles. The highest BCUT2D eigenvalue weighted by Gasteiger charge is 2.33. The summed E-state index contributed by atoms with van der Waals surface area (Å²) in [6.07, 6.45) is -2.30. The first-order valence-corrected chi connectivity index (χ1v) is 14.3. The molecular weight excluding hydrogens is 584 g/mol. The van der Waals surface area contributed by atoms with Gasteiger partial charge in [-0.25, -0.2) is 18.9 Å². The van der Waals surface area contributed by atoms with E-state index in [1.54, 1.807) is 0 Å². The van der Waals surface area contributed by atoms with Gasteiger partial charge in [0.15, 0.2) is 11.0 Å². The zero-order chi connectivity index (χ0) is 30.9. The molecule has 1 fully saturated rings. The average molecular weight is 611 g/mol. The quantitative estimate of drug-likeness (QED) is 0.227. The number of aromatic nitrogens is 3. The number of aliphatic imine (C=N–C) groups is 1. The van der Waals surface area contributed by atoms with Gasteiger partial charge in [-0.05, 0) is 78.9 Å². The number of aryl methyl sites for hydroxylation is 1. The van der Waals surface area contributed by atoms with Gasteiger partial charge in [0, 0.05) is 5.56 Å². The van der Waals surface area contributed by atoms with Crippen molar-refractivity contribution in [2.75, 3.05) is 16.0 Å². The van der Waals surface area contributed by atoms with Crippen LogP contribution in [-0.2, 0) is 11.0 Å². The Labute approximate surface area is 248 Å². The van der Waals surface area contributed by atoms with Gasteiger partial charge in [0.2, 0.25) is 5.91 Å². The summed E-state index contributed by atoms with van der Waals surface area (Å²) in [5.41, 5.74) is 2.29. The predicted octanol–water partition coefficient (Wildman–Crippen LogP) is 7.58. The van der Waals surface area contributed by atoms with Gasteiger partial charge in [0.1, 0.15) is 12.1 Å². The summed E-state index contributed by atoms with van der Waals surface area (Å²) in [4.78, 5) is 35.3. The average Bonchev–Trinajstić information content (AvgIpc) is 3.60. The number of carbonyl (C=O) groups excluding carboxylic acids is 2. The summed E-state index contributed by atoms with van der Waals surface area (Å²) in [6.45, 7) is 6.03. The van der Waals surface area contributed by atoms with Crippen LogP contribution < -0.4 is 10.2 Å². The van der Waals surface area contributed by atoms with E-state index in [2.05, 4.69) is 34.2 Å². The molecule has 4 aromatic rings. The molecule has 13 heteroatoms. The molecule has 0 radical (unpaired) electrons. The largest absolute Gasteiger partial charge is 0.416 e. The first kappa shape index (κ1) is 30.0. The van der Waals surface area contributed by atoms with Crippen molar-refractivity contribution in [1.29, 1.82) is 0 Å². The van der Waals surface area contributed by atoms with Gasteiger partial charge in [-0.3, -0.25) is 9.69 Å². The van der Waals surface area contributed by atoms with Crippen LogP contribution in [0.15, 0.2) is 72.0 Å². The Morgan fingerprint density at radius 1 is 1.12 bits per heavy atom. The molecular formula is C30H26F4N6O2S. The molecule has 43 heavy (non-hydrogen) atoms. The lowest BCUT2D eigenvalue weighted by atomic mass is 9.95. The second kappa shape index (κ2) is 12.0. The number of nitrogens with one attached hydrogen (secondary N) is 1. The van der Waals surface area contributed by atoms with Crippen LogP contribution in [0, 0.1) is 12.7 Å². The normalized spacial score (nSPS) is 15.3.